The highest BCUT2D eigenvalue weighted by atomic mass is 35.5. The summed E-state index contributed by atoms with van der Waals surface area (Å²) in [6.45, 7) is 5.09. The van der Waals surface area contributed by atoms with Crippen LogP contribution in [0.3, 0.4) is 0 Å². The SMILES string of the molecule is CCCCNC(=O)C(Cc1ccccc1)N(Cc1ccc(C)cc1)C(=O)Cc1ccc(Cl)cc1. The van der Waals surface area contributed by atoms with Crippen molar-refractivity contribution in [2.45, 2.75) is 52.1 Å². The van der Waals surface area contributed by atoms with Crippen LogP contribution in [0.25, 0.3) is 0 Å². The van der Waals surface area contributed by atoms with Crippen molar-refractivity contribution in [2.75, 3.05) is 6.54 Å². The largest absolute Gasteiger partial charge is 0.354 e. The van der Waals surface area contributed by atoms with Crippen LogP contribution in [0.5, 0.6) is 0 Å². The van der Waals surface area contributed by atoms with E-state index in [2.05, 4.69) is 12.2 Å². The Hall–Kier alpha value is -3.11. The lowest BCUT2D eigenvalue weighted by molar-refractivity contribution is -0.140. The van der Waals surface area contributed by atoms with Crippen LogP contribution < -0.4 is 5.32 Å². The lowest BCUT2D eigenvalue weighted by Crippen LogP contribution is -2.51. The maximum Gasteiger partial charge on any atom is 0.243 e. The van der Waals surface area contributed by atoms with Gasteiger partial charge in [0.25, 0.3) is 0 Å². The molecule has 34 heavy (non-hydrogen) atoms. The van der Waals surface area contributed by atoms with Gasteiger partial charge in [0.1, 0.15) is 6.04 Å². The van der Waals surface area contributed by atoms with Crippen molar-refractivity contribution in [1.82, 2.24) is 10.2 Å². The van der Waals surface area contributed by atoms with E-state index in [0.717, 1.165) is 35.1 Å². The summed E-state index contributed by atoms with van der Waals surface area (Å²) in [5.74, 6) is -0.205. The summed E-state index contributed by atoms with van der Waals surface area (Å²) in [6.07, 6.45) is 2.56. The highest BCUT2D eigenvalue weighted by molar-refractivity contribution is 6.30. The Kier molecular flexibility index (Phi) is 9.72. The molecule has 0 fully saturated rings. The molecule has 0 saturated heterocycles. The molecule has 1 unspecified atom stereocenters. The normalized spacial score (nSPS) is 11.6. The van der Waals surface area contributed by atoms with E-state index in [4.69, 9.17) is 11.6 Å². The number of nitrogens with zero attached hydrogens (tertiary/aromatic N) is 1. The standard InChI is InChI=1S/C29H33ClN2O2/c1-3-4-18-31-29(34)27(19-23-8-6-5-7-9-23)32(21-25-12-10-22(2)11-13-25)28(33)20-24-14-16-26(30)17-15-24/h5-17,27H,3-4,18-21H2,1-2H3,(H,31,34). The van der Waals surface area contributed by atoms with E-state index in [9.17, 15) is 9.59 Å². The van der Waals surface area contributed by atoms with Gasteiger partial charge in [-0.1, -0.05) is 97.2 Å². The number of hydrogen-bond donors (Lipinski definition) is 1. The van der Waals surface area contributed by atoms with Gasteiger partial charge in [0.15, 0.2) is 0 Å². The molecule has 0 spiro atoms. The van der Waals surface area contributed by atoms with Crippen LogP contribution in [-0.2, 0) is 29.0 Å². The molecule has 0 aliphatic carbocycles. The zero-order valence-electron chi connectivity index (χ0n) is 20.0. The maximum atomic E-state index is 13.6. The van der Waals surface area contributed by atoms with Crippen LogP contribution in [0.15, 0.2) is 78.9 Å². The van der Waals surface area contributed by atoms with Gasteiger partial charge >= 0.3 is 0 Å². The van der Waals surface area contributed by atoms with Crippen LogP contribution in [0, 0.1) is 6.92 Å². The molecule has 0 aliphatic rings. The predicted molar refractivity (Wildman–Crippen MR) is 139 cm³/mol. The van der Waals surface area contributed by atoms with E-state index in [-0.39, 0.29) is 18.2 Å². The minimum atomic E-state index is -0.611. The number of carbonyl (C=O) groups is 2. The van der Waals surface area contributed by atoms with Gasteiger partial charge in [0, 0.05) is 24.5 Å². The molecule has 2 amide bonds. The van der Waals surface area contributed by atoms with Crippen molar-refractivity contribution >= 4 is 23.4 Å². The Morgan fingerprint density at radius 3 is 2.18 bits per heavy atom. The van der Waals surface area contributed by atoms with E-state index in [1.165, 1.54) is 0 Å². The van der Waals surface area contributed by atoms with Crippen molar-refractivity contribution in [3.05, 3.63) is 106 Å². The lowest BCUT2D eigenvalue weighted by atomic mass is 10.0. The first-order valence-electron chi connectivity index (χ1n) is 11.9. The molecular weight excluding hydrogens is 444 g/mol. The first-order chi connectivity index (χ1) is 16.5. The van der Waals surface area contributed by atoms with Gasteiger partial charge in [0.05, 0.1) is 6.42 Å². The second kappa shape index (κ2) is 13.0. The van der Waals surface area contributed by atoms with Crippen molar-refractivity contribution < 1.29 is 9.59 Å². The van der Waals surface area contributed by atoms with E-state index in [1.807, 2.05) is 73.7 Å². The molecule has 178 valence electrons. The fourth-order valence-electron chi connectivity index (χ4n) is 3.83. The average Bonchev–Trinajstić information content (AvgIpc) is 2.84. The molecule has 3 aromatic rings. The van der Waals surface area contributed by atoms with Crippen molar-refractivity contribution in [3.63, 3.8) is 0 Å². The Labute approximate surface area is 207 Å². The Morgan fingerprint density at radius 2 is 1.53 bits per heavy atom. The van der Waals surface area contributed by atoms with E-state index in [1.54, 1.807) is 17.0 Å². The molecule has 4 nitrogen and oxygen atoms in total. The number of amides is 2. The highest BCUT2D eigenvalue weighted by Gasteiger charge is 2.30. The molecule has 3 aromatic carbocycles. The first kappa shape index (κ1) is 25.5. The quantitative estimate of drug-likeness (QED) is 0.358. The lowest BCUT2D eigenvalue weighted by Gasteiger charge is -2.32. The Balaban J connectivity index is 1.92. The van der Waals surface area contributed by atoms with Gasteiger partial charge in [-0.05, 0) is 42.2 Å². The maximum absolute atomic E-state index is 13.6. The molecule has 0 bridgehead atoms. The average molecular weight is 477 g/mol. The van der Waals surface area contributed by atoms with Gasteiger partial charge in [-0.3, -0.25) is 9.59 Å². The van der Waals surface area contributed by atoms with Gasteiger partial charge in [-0.2, -0.15) is 0 Å². The molecule has 0 saturated carbocycles. The third-order valence-corrected chi connectivity index (χ3v) is 6.09. The highest BCUT2D eigenvalue weighted by Crippen LogP contribution is 2.18. The third kappa shape index (κ3) is 7.74. The number of benzene rings is 3. The smallest absolute Gasteiger partial charge is 0.243 e. The van der Waals surface area contributed by atoms with Crippen molar-refractivity contribution in [2.24, 2.45) is 0 Å². The molecular formula is C29H33ClN2O2. The Morgan fingerprint density at radius 1 is 0.882 bits per heavy atom. The van der Waals surface area contributed by atoms with Gasteiger partial charge < -0.3 is 10.2 Å². The summed E-state index contributed by atoms with van der Waals surface area (Å²) >= 11 is 6.03. The molecule has 1 atom stereocenters. The summed E-state index contributed by atoms with van der Waals surface area (Å²) in [5, 5.41) is 3.68. The third-order valence-electron chi connectivity index (χ3n) is 5.84. The second-order valence-corrected chi connectivity index (χ2v) is 9.10. The van der Waals surface area contributed by atoms with Crippen LogP contribution in [0.2, 0.25) is 5.02 Å². The summed E-state index contributed by atoms with van der Waals surface area (Å²) < 4.78 is 0. The predicted octanol–water partition coefficient (Wildman–Crippen LogP) is 5.75. The fraction of sp³-hybridized carbons (Fsp3) is 0.310. The number of halogens is 1. The van der Waals surface area contributed by atoms with Crippen molar-refractivity contribution in [3.8, 4) is 0 Å². The van der Waals surface area contributed by atoms with Crippen LogP contribution >= 0.6 is 11.6 Å². The summed E-state index contributed by atoms with van der Waals surface area (Å²) in [4.78, 5) is 28.8. The molecule has 0 aliphatic heterocycles. The Bertz CT molecular complexity index is 1050. The van der Waals surface area contributed by atoms with Crippen LogP contribution in [0.4, 0.5) is 0 Å². The van der Waals surface area contributed by atoms with Crippen LogP contribution in [-0.4, -0.2) is 29.3 Å². The second-order valence-electron chi connectivity index (χ2n) is 8.66. The number of carbonyl (C=O) groups excluding carboxylic acids is 2. The molecule has 0 aromatic heterocycles. The van der Waals surface area contributed by atoms with Crippen molar-refractivity contribution in [1.29, 1.82) is 0 Å². The number of unbranched alkanes of at least 4 members (excludes halogenated alkanes) is 1. The summed E-state index contributed by atoms with van der Waals surface area (Å²) in [6, 6.07) is 24.7. The van der Waals surface area contributed by atoms with Crippen LogP contribution in [0.1, 0.15) is 42.0 Å². The zero-order valence-corrected chi connectivity index (χ0v) is 20.7. The minimum absolute atomic E-state index is 0.0885. The van der Waals surface area contributed by atoms with Gasteiger partial charge in [-0.25, -0.2) is 0 Å². The zero-order chi connectivity index (χ0) is 24.3. The number of rotatable bonds is 11. The van der Waals surface area contributed by atoms with Gasteiger partial charge in [-0.15, -0.1) is 0 Å². The van der Waals surface area contributed by atoms with Gasteiger partial charge in [0.2, 0.25) is 11.8 Å². The summed E-state index contributed by atoms with van der Waals surface area (Å²) in [7, 11) is 0. The van der Waals surface area contributed by atoms with E-state index in [0.29, 0.717) is 24.5 Å². The topological polar surface area (TPSA) is 49.4 Å². The molecule has 1 N–H and O–H groups in total. The monoisotopic (exact) mass is 476 g/mol. The minimum Gasteiger partial charge on any atom is -0.354 e. The van der Waals surface area contributed by atoms with E-state index < -0.39 is 6.04 Å². The number of aryl methyl sites for hydroxylation is 1. The number of nitrogens with one attached hydrogen (secondary N) is 1. The molecule has 0 heterocycles. The molecule has 5 heteroatoms. The fourth-order valence-corrected chi connectivity index (χ4v) is 3.95. The number of hydrogen-bond acceptors (Lipinski definition) is 2. The summed E-state index contributed by atoms with van der Waals surface area (Å²) in [5.41, 5.74) is 4.04. The molecule has 0 radical (unpaired) electrons. The molecule has 3 rings (SSSR count). The van der Waals surface area contributed by atoms with E-state index >= 15 is 0 Å². The first-order valence-corrected chi connectivity index (χ1v) is 12.2.